The number of nitrogen functional groups attached to an aromatic ring is 1. The van der Waals surface area contributed by atoms with Crippen LogP contribution < -0.4 is 10.5 Å². The second-order valence-electron chi connectivity index (χ2n) is 10.1. The molecule has 0 amide bonds. The Labute approximate surface area is 180 Å². The molecule has 30 heavy (non-hydrogen) atoms. The minimum atomic E-state index is 0.0784. The lowest BCUT2D eigenvalue weighted by Crippen LogP contribution is -2.51. The molecule has 4 aliphatic rings. The van der Waals surface area contributed by atoms with E-state index in [0.29, 0.717) is 18.2 Å². The minimum Gasteiger partial charge on any atom is -0.491 e. The summed E-state index contributed by atoms with van der Waals surface area (Å²) >= 11 is 0. The molecule has 2 aliphatic carbocycles. The topological polar surface area (TPSA) is 58.8 Å². The number of ketones is 1. The highest BCUT2D eigenvalue weighted by Gasteiger charge is 2.35. The minimum absolute atomic E-state index is 0.0784. The third kappa shape index (κ3) is 4.11. The fourth-order valence-corrected chi connectivity index (χ4v) is 5.95. The van der Waals surface area contributed by atoms with Crippen LogP contribution in [0, 0.1) is 17.8 Å². The molecule has 5 heteroatoms. The van der Waals surface area contributed by atoms with Gasteiger partial charge >= 0.3 is 0 Å². The fourth-order valence-electron chi connectivity index (χ4n) is 5.95. The molecular weight excluding hydrogens is 374 g/mol. The summed E-state index contributed by atoms with van der Waals surface area (Å²) < 4.78 is 5.67. The summed E-state index contributed by atoms with van der Waals surface area (Å²) in [5, 5.41) is 0. The highest BCUT2D eigenvalue weighted by atomic mass is 16.5. The second kappa shape index (κ2) is 8.51. The van der Waals surface area contributed by atoms with Crippen molar-refractivity contribution in [1.29, 1.82) is 0 Å². The SMILES string of the molecule is CC(C(=O)c1ccc(N)c2c1CCO2)C1CCC(N2CCN(CC3CC3)CC2)CC1. The van der Waals surface area contributed by atoms with Gasteiger partial charge in [-0.1, -0.05) is 6.92 Å². The summed E-state index contributed by atoms with van der Waals surface area (Å²) in [5.41, 5.74) is 8.57. The van der Waals surface area contributed by atoms with Crippen LogP contribution in [0.1, 0.15) is 61.4 Å². The lowest BCUT2D eigenvalue weighted by atomic mass is 9.75. The number of Topliss-reactive ketones (excluding diaryl/α,β-unsaturated/α-hetero) is 1. The van der Waals surface area contributed by atoms with Crippen molar-refractivity contribution in [1.82, 2.24) is 9.80 Å². The molecule has 1 unspecified atom stereocenters. The molecule has 1 saturated heterocycles. The van der Waals surface area contributed by atoms with Crippen molar-refractivity contribution in [3.63, 3.8) is 0 Å². The zero-order valence-electron chi connectivity index (χ0n) is 18.4. The molecule has 0 bridgehead atoms. The maximum atomic E-state index is 13.3. The van der Waals surface area contributed by atoms with Gasteiger partial charge in [-0.3, -0.25) is 9.69 Å². The van der Waals surface area contributed by atoms with Gasteiger partial charge in [-0.2, -0.15) is 0 Å². The smallest absolute Gasteiger partial charge is 0.166 e. The van der Waals surface area contributed by atoms with Crippen LogP contribution in [0.25, 0.3) is 0 Å². The first-order valence-electron chi connectivity index (χ1n) is 12.1. The van der Waals surface area contributed by atoms with Gasteiger partial charge in [0.15, 0.2) is 5.78 Å². The standard InChI is InChI=1S/C25H37N3O2/c1-17(24(29)21-8-9-23(26)25-22(21)10-15-30-25)19-4-6-20(7-5-19)28-13-11-27(12-14-28)16-18-2-3-18/h8-9,17-20H,2-7,10-16,26H2,1H3. The summed E-state index contributed by atoms with van der Waals surface area (Å²) in [4.78, 5) is 18.7. The zero-order chi connectivity index (χ0) is 20.7. The number of anilines is 1. The molecule has 0 aromatic heterocycles. The van der Waals surface area contributed by atoms with Gasteiger partial charge in [-0.05, 0) is 62.5 Å². The van der Waals surface area contributed by atoms with Gasteiger partial charge in [-0.15, -0.1) is 0 Å². The highest BCUT2D eigenvalue weighted by Crippen LogP contribution is 2.39. The van der Waals surface area contributed by atoms with Crippen LogP contribution in [0.5, 0.6) is 5.75 Å². The van der Waals surface area contributed by atoms with Gasteiger partial charge in [0.2, 0.25) is 0 Å². The maximum Gasteiger partial charge on any atom is 0.166 e. The maximum absolute atomic E-state index is 13.3. The quantitative estimate of drug-likeness (QED) is 0.572. The van der Waals surface area contributed by atoms with Crippen molar-refractivity contribution in [2.45, 2.75) is 57.9 Å². The molecule has 5 nitrogen and oxygen atoms in total. The first-order chi connectivity index (χ1) is 14.6. The van der Waals surface area contributed by atoms with Crippen molar-refractivity contribution >= 4 is 11.5 Å². The van der Waals surface area contributed by atoms with Crippen molar-refractivity contribution in [3.05, 3.63) is 23.3 Å². The molecule has 164 valence electrons. The third-order valence-corrected chi connectivity index (χ3v) is 8.15. The number of rotatable bonds is 6. The van der Waals surface area contributed by atoms with Gasteiger partial charge in [-0.25, -0.2) is 0 Å². The molecule has 5 rings (SSSR count). The molecule has 1 atom stereocenters. The van der Waals surface area contributed by atoms with E-state index in [1.54, 1.807) is 0 Å². The van der Waals surface area contributed by atoms with Crippen LogP contribution in [0.3, 0.4) is 0 Å². The second-order valence-corrected chi connectivity index (χ2v) is 10.1. The van der Waals surface area contributed by atoms with Crippen LogP contribution in [0.15, 0.2) is 12.1 Å². The van der Waals surface area contributed by atoms with E-state index in [4.69, 9.17) is 10.5 Å². The van der Waals surface area contributed by atoms with Gasteiger partial charge < -0.3 is 15.4 Å². The Morgan fingerprint density at radius 1 is 1.10 bits per heavy atom. The van der Waals surface area contributed by atoms with Gasteiger partial charge in [0.1, 0.15) is 5.75 Å². The number of nitrogens with zero attached hydrogens (tertiary/aromatic N) is 2. The van der Waals surface area contributed by atoms with E-state index >= 15 is 0 Å². The summed E-state index contributed by atoms with van der Waals surface area (Å²) in [6.45, 7) is 9.06. The van der Waals surface area contributed by atoms with Crippen molar-refractivity contribution in [3.8, 4) is 5.75 Å². The van der Waals surface area contributed by atoms with Crippen LogP contribution in [0.4, 0.5) is 5.69 Å². The van der Waals surface area contributed by atoms with Crippen LogP contribution in [-0.4, -0.2) is 61.0 Å². The molecule has 2 N–H and O–H groups in total. The van der Waals surface area contributed by atoms with Crippen LogP contribution in [0.2, 0.25) is 0 Å². The van der Waals surface area contributed by atoms with E-state index in [1.807, 2.05) is 12.1 Å². The normalized spacial score (nSPS) is 28.7. The number of ether oxygens (including phenoxy) is 1. The lowest BCUT2D eigenvalue weighted by molar-refractivity contribution is 0.0589. The zero-order valence-corrected chi connectivity index (χ0v) is 18.4. The largest absolute Gasteiger partial charge is 0.491 e. The Bertz CT molecular complexity index is 775. The molecule has 1 aromatic rings. The van der Waals surface area contributed by atoms with Crippen molar-refractivity contribution in [2.24, 2.45) is 17.8 Å². The molecule has 2 heterocycles. The average molecular weight is 412 g/mol. The first kappa shape index (κ1) is 20.3. The van der Waals surface area contributed by atoms with Crippen molar-refractivity contribution in [2.75, 3.05) is 45.1 Å². The Morgan fingerprint density at radius 3 is 2.53 bits per heavy atom. The van der Waals surface area contributed by atoms with Gasteiger partial charge in [0, 0.05) is 62.2 Å². The Balaban J connectivity index is 1.14. The van der Waals surface area contributed by atoms with Gasteiger partial charge in [0.25, 0.3) is 0 Å². The average Bonchev–Trinajstić information content (AvgIpc) is 3.45. The monoisotopic (exact) mass is 411 g/mol. The van der Waals surface area contributed by atoms with E-state index in [0.717, 1.165) is 35.3 Å². The number of carbonyl (C=O) groups excluding carboxylic acids is 1. The third-order valence-electron chi connectivity index (χ3n) is 8.15. The van der Waals surface area contributed by atoms with E-state index in [9.17, 15) is 4.79 Å². The summed E-state index contributed by atoms with van der Waals surface area (Å²) in [7, 11) is 0. The number of hydrogen-bond donors (Lipinski definition) is 1. The fraction of sp³-hybridized carbons (Fsp3) is 0.720. The number of benzene rings is 1. The molecule has 0 radical (unpaired) electrons. The highest BCUT2D eigenvalue weighted by molar-refractivity contribution is 6.00. The molecule has 2 aliphatic heterocycles. The van der Waals surface area contributed by atoms with Gasteiger partial charge in [0.05, 0.1) is 12.3 Å². The Hall–Kier alpha value is -1.59. The first-order valence-corrected chi connectivity index (χ1v) is 12.1. The van der Waals surface area contributed by atoms with E-state index in [-0.39, 0.29) is 11.7 Å². The van der Waals surface area contributed by atoms with E-state index < -0.39 is 0 Å². The van der Waals surface area contributed by atoms with Crippen LogP contribution >= 0.6 is 0 Å². The molecular formula is C25H37N3O2. The van der Waals surface area contributed by atoms with E-state index in [2.05, 4.69) is 16.7 Å². The molecule has 1 aromatic carbocycles. The Morgan fingerprint density at radius 2 is 1.83 bits per heavy atom. The molecule has 0 spiro atoms. The Kier molecular flexibility index (Phi) is 5.76. The molecule has 2 saturated carbocycles. The summed E-state index contributed by atoms with van der Waals surface area (Å²) in [5.74, 6) is 2.61. The number of carbonyl (C=O) groups is 1. The predicted octanol–water partition coefficient (Wildman–Crippen LogP) is 3.61. The summed E-state index contributed by atoms with van der Waals surface area (Å²) in [6.07, 6.45) is 8.54. The number of nitrogens with two attached hydrogens (primary N) is 1. The van der Waals surface area contributed by atoms with E-state index in [1.165, 1.54) is 71.2 Å². The van der Waals surface area contributed by atoms with Crippen LogP contribution in [-0.2, 0) is 6.42 Å². The van der Waals surface area contributed by atoms with Crippen molar-refractivity contribution < 1.29 is 9.53 Å². The summed E-state index contributed by atoms with van der Waals surface area (Å²) in [6, 6.07) is 4.49. The number of hydrogen-bond acceptors (Lipinski definition) is 5. The predicted molar refractivity (Wildman–Crippen MR) is 120 cm³/mol. The lowest BCUT2D eigenvalue weighted by Gasteiger charge is -2.42. The number of fused-ring (bicyclic) bond motifs is 1. The number of piperazine rings is 1. The molecule has 3 fully saturated rings.